The van der Waals surface area contributed by atoms with Gasteiger partial charge in [0.2, 0.25) is 0 Å². The number of hydrogen-bond acceptors (Lipinski definition) is 6. The summed E-state index contributed by atoms with van der Waals surface area (Å²) in [5.74, 6) is 0.255. The largest absolute Gasteiger partial charge is 0.493 e. The summed E-state index contributed by atoms with van der Waals surface area (Å²) in [6, 6.07) is 26.2. The van der Waals surface area contributed by atoms with Gasteiger partial charge in [0.15, 0.2) is 5.69 Å². The van der Waals surface area contributed by atoms with Crippen molar-refractivity contribution in [3.63, 3.8) is 0 Å². The maximum atomic E-state index is 11.9. The molecule has 0 bridgehead atoms. The number of imidazole rings is 1. The first-order valence-corrected chi connectivity index (χ1v) is 14.8. The van der Waals surface area contributed by atoms with E-state index < -0.39 is 5.97 Å². The summed E-state index contributed by atoms with van der Waals surface area (Å²) < 4.78 is 17.7. The molecule has 43 heavy (non-hydrogen) atoms. The first kappa shape index (κ1) is 31.3. The number of hydrogen-bond donors (Lipinski definition) is 0. The maximum absolute atomic E-state index is 11.9. The van der Waals surface area contributed by atoms with Crippen molar-refractivity contribution < 1.29 is 23.8 Å². The lowest BCUT2D eigenvalue weighted by molar-refractivity contribution is 0.0588. The highest BCUT2D eigenvalue weighted by atomic mass is 16.5. The van der Waals surface area contributed by atoms with Gasteiger partial charge in [0.05, 0.1) is 32.7 Å². The van der Waals surface area contributed by atoms with Gasteiger partial charge in [-0.05, 0) is 73.8 Å². The summed E-state index contributed by atoms with van der Waals surface area (Å²) >= 11 is 0. The Balaban J connectivity index is 1.38. The van der Waals surface area contributed by atoms with Crippen molar-refractivity contribution in [3.05, 3.63) is 125 Å². The van der Waals surface area contributed by atoms with Crippen LogP contribution in [0.1, 0.15) is 63.2 Å². The summed E-state index contributed by atoms with van der Waals surface area (Å²) in [6.45, 7) is 1.36. The summed E-state index contributed by atoms with van der Waals surface area (Å²) in [5, 5.41) is 0. The van der Waals surface area contributed by atoms with Crippen LogP contribution in [0, 0.1) is 5.92 Å². The van der Waals surface area contributed by atoms with Crippen molar-refractivity contribution in [2.24, 2.45) is 5.92 Å². The molecule has 224 valence electrons. The molecular formula is C36H40N2O5. The van der Waals surface area contributed by atoms with Crippen molar-refractivity contribution in [1.82, 2.24) is 9.55 Å². The van der Waals surface area contributed by atoms with E-state index in [4.69, 9.17) is 14.2 Å². The van der Waals surface area contributed by atoms with E-state index in [1.54, 1.807) is 24.7 Å². The van der Waals surface area contributed by atoms with Gasteiger partial charge in [-0.2, -0.15) is 0 Å². The number of aromatic nitrogens is 2. The Morgan fingerprint density at radius 3 is 2.35 bits per heavy atom. The fourth-order valence-corrected chi connectivity index (χ4v) is 4.90. The van der Waals surface area contributed by atoms with Crippen molar-refractivity contribution in [2.45, 2.75) is 45.1 Å². The highest BCUT2D eigenvalue weighted by Gasteiger charge is 2.13. The summed E-state index contributed by atoms with van der Waals surface area (Å²) in [4.78, 5) is 27.9. The molecule has 4 rings (SSSR count). The lowest BCUT2D eigenvalue weighted by Crippen LogP contribution is -2.08. The van der Waals surface area contributed by atoms with E-state index in [2.05, 4.69) is 53.5 Å². The van der Waals surface area contributed by atoms with Gasteiger partial charge in [0.1, 0.15) is 5.75 Å². The number of rotatable bonds is 16. The van der Waals surface area contributed by atoms with Crippen molar-refractivity contribution in [3.8, 4) is 5.75 Å². The SMILES string of the molecule is COC(=O)c1ccc(CC(C=Cc2ccccc2OCCCCCc2ccccc2)CCn2cnc(C(=O)OC)c2)cc1. The van der Waals surface area contributed by atoms with Crippen LogP contribution in [0.25, 0.3) is 6.08 Å². The quantitative estimate of drug-likeness (QED) is 0.103. The number of allylic oxidation sites excluding steroid dienone is 1. The molecule has 0 saturated carbocycles. The van der Waals surface area contributed by atoms with Gasteiger partial charge >= 0.3 is 11.9 Å². The third-order valence-electron chi connectivity index (χ3n) is 7.34. The Kier molecular flexibility index (Phi) is 12.2. The Morgan fingerprint density at radius 2 is 1.58 bits per heavy atom. The molecule has 1 aromatic heterocycles. The number of carbonyl (C=O) groups excluding carboxylic acids is 2. The standard InChI is InChI=1S/C36H40N2O5/c1-41-35(39)32-20-17-29(18-21-32)25-30(22-23-38-26-33(37-27-38)36(40)42-2)16-19-31-14-8-9-15-34(31)43-24-10-4-7-13-28-11-5-3-6-12-28/h3,5-6,8-9,11-12,14-21,26-27,30H,4,7,10,13,22-25H2,1-2H3. The molecule has 7 nitrogen and oxygen atoms in total. The Morgan fingerprint density at radius 1 is 0.837 bits per heavy atom. The van der Waals surface area contributed by atoms with E-state index in [-0.39, 0.29) is 11.9 Å². The van der Waals surface area contributed by atoms with E-state index >= 15 is 0 Å². The van der Waals surface area contributed by atoms with Gasteiger partial charge in [-0.15, -0.1) is 0 Å². The molecule has 1 heterocycles. The minimum atomic E-state index is -0.450. The summed E-state index contributed by atoms with van der Waals surface area (Å²) in [7, 11) is 2.73. The fraction of sp³-hybridized carbons (Fsp3) is 0.306. The van der Waals surface area contributed by atoms with Gasteiger partial charge in [0, 0.05) is 18.3 Å². The molecule has 7 heteroatoms. The zero-order valence-electron chi connectivity index (χ0n) is 25.0. The maximum Gasteiger partial charge on any atom is 0.358 e. The number of aryl methyl sites for hydroxylation is 2. The number of esters is 2. The molecule has 0 saturated heterocycles. The second-order valence-electron chi connectivity index (χ2n) is 10.5. The van der Waals surface area contributed by atoms with Crippen LogP contribution < -0.4 is 4.74 Å². The second-order valence-corrected chi connectivity index (χ2v) is 10.5. The third kappa shape index (κ3) is 9.99. The minimum Gasteiger partial charge on any atom is -0.493 e. The first-order chi connectivity index (χ1) is 21.1. The van der Waals surface area contributed by atoms with Crippen LogP contribution in [0.2, 0.25) is 0 Å². The van der Waals surface area contributed by atoms with Gasteiger partial charge in [0.25, 0.3) is 0 Å². The zero-order valence-corrected chi connectivity index (χ0v) is 25.0. The third-order valence-corrected chi connectivity index (χ3v) is 7.34. The van der Waals surface area contributed by atoms with Crippen LogP contribution in [0.3, 0.4) is 0 Å². The molecular weight excluding hydrogens is 540 g/mol. The average Bonchev–Trinajstić information content (AvgIpc) is 3.53. The van der Waals surface area contributed by atoms with Gasteiger partial charge in [-0.25, -0.2) is 14.6 Å². The van der Waals surface area contributed by atoms with E-state index in [9.17, 15) is 9.59 Å². The second kappa shape index (κ2) is 16.7. The minimum absolute atomic E-state index is 0.180. The number of unbranched alkanes of at least 4 members (excludes halogenated alkanes) is 2. The van der Waals surface area contributed by atoms with Crippen LogP contribution in [0.15, 0.2) is 97.5 Å². The number of nitrogens with zero attached hydrogens (tertiary/aromatic N) is 2. The van der Waals surface area contributed by atoms with Gasteiger partial charge < -0.3 is 18.8 Å². The molecule has 4 aromatic rings. The number of methoxy groups -OCH3 is 2. The molecule has 0 aliphatic heterocycles. The monoisotopic (exact) mass is 580 g/mol. The molecule has 0 aliphatic carbocycles. The normalized spacial score (nSPS) is 11.8. The van der Waals surface area contributed by atoms with Crippen LogP contribution >= 0.6 is 0 Å². The zero-order chi connectivity index (χ0) is 30.3. The number of benzene rings is 3. The topological polar surface area (TPSA) is 79.7 Å². The molecule has 0 fully saturated rings. The first-order valence-electron chi connectivity index (χ1n) is 14.8. The van der Waals surface area contributed by atoms with Crippen molar-refractivity contribution in [2.75, 3.05) is 20.8 Å². The van der Waals surface area contributed by atoms with Crippen molar-refractivity contribution in [1.29, 1.82) is 0 Å². The lowest BCUT2D eigenvalue weighted by Gasteiger charge is -2.15. The number of para-hydroxylation sites is 1. The molecule has 0 radical (unpaired) electrons. The van der Waals surface area contributed by atoms with E-state index in [0.29, 0.717) is 24.4 Å². The average molecular weight is 581 g/mol. The predicted molar refractivity (Wildman–Crippen MR) is 168 cm³/mol. The molecule has 3 aromatic carbocycles. The summed E-state index contributed by atoms with van der Waals surface area (Å²) in [6.07, 6.45) is 13.7. The van der Waals surface area contributed by atoms with E-state index in [1.807, 2.05) is 34.9 Å². The fourth-order valence-electron chi connectivity index (χ4n) is 4.90. The van der Waals surface area contributed by atoms with E-state index in [0.717, 1.165) is 55.4 Å². The van der Waals surface area contributed by atoms with Crippen molar-refractivity contribution >= 4 is 18.0 Å². The van der Waals surface area contributed by atoms with Gasteiger partial charge in [-0.3, -0.25) is 0 Å². The molecule has 1 atom stereocenters. The Hall–Kier alpha value is -4.65. The highest BCUT2D eigenvalue weighted by molar-refractivity contribution is 5.89. The Bertz CT molecular complexity index is 1460. The van der Waals surface area contributed by atoms with E-state index in [1.165, 1.54) is 19.8 Å². The molecule has 1 unspecified atom stereocenters. The highest BCUT2D eigenvalue weighted by Crippen LogP contribution is 2.23. The molecule has 0 amide bonds. The number of carbonyl (C=O) groups is 2. The van der Waals surface area contributed by atoms with Gasteiger partial charge in [-0.1, -0.05) is 72.8 Å². The van der Waals surface area contributed by atoms with Crippen LogP contribution in [0.5, 0.6) is 5.75 Å². The van der Waals surface area contributed by atoms with Crippen LogP contribution in [-0.4, -0.2) is 42.3 Å². The predicted octanol–water partition coefficient (Wildman–Crippen LogP) is 7.21. The molecule has 0 N–H and O–H groups in total. The summed E-state index contributed by atoms with van der Waals surface area (Å²) in [5.41, 5.74) is 4.35. The van der Waals surface area contributed by atoms with Crippen LogP contribution in [-0.2, 0) is 28.9 Å². The smallest absolute Gasteiger partial charge is 0.358 e. The molecule has 0 aliphatic rings. The Labute approximate surface area is 254 Å². The number of ether oxygens (including phenoxy) is 3. The molecule has 0 spiro atoms. The lowest BCUT2D eigenvalue weighted by atomic mass is 9.94. The van der Waals surface area contributed by atoms with Crippen LogP contribution in [0.4, 0.5) is 0 Å².